The first-order valence-corrected chi connectivity index (χ1v) is 10.1. The summed E-state index contributed by atoms with van der Waals surface area (Å²) in [5, 5.41) is 4.27. The third kappa shape index (κ3) is 4.69. The third-order valence-electron chi connectivity index (χ3n) is 5.20. The van der Waals surface area contributed by atoms with Gasteiger partial charge >= 0.3 is 5.97 Å². The lowest BCUT2D eigenvalue weighted by Gasteiger charge is -2.36. The molecule has 0 unspecified atom stereocenters. The first-order valence-electron chi connectivity index (χ1n) is 10.1. The molecule has 31 heavy (non-hydrogen) atoms. The second-order valence-electron chi connectivity index (χ2n) is 7.11. The molecule has 0 N–H and O–H groups in total. The van der Waals surface area contributed by atoms with E-state index in [9.17, 15) is 9.59 Å². The van der Waals surface area contributed by atoms with E-state index < -0.39 is 5.97 Å². The van der Waals surface area contributed by atoms with E-state index in [0.29, 0.717) is 13.1 Å². The van der Waals surface area contributed by atoms with Gasteiger partial charge in [0.15, 0.2) is 12.4 Å². The molecule has 0 atom stereocenters. The molecule has 1 saturated heterocycles. The van der Waals surface area contributed by atoms with Gasteiger partial charge in [0.1, 0.15) is 0 Å². The van der Waals surface area contributed by atoms with Gasteiger partial charge in [-0.2, -0.15) is 5.10 Å². The van der Waals surface area contributed by atoms with Crippen LogP contribution in [0.3, 0.4) is 0 Å². The quantitative estimate of drug-likeness (QED) is 0.570. The van der Waals surface area contributed by atoms with Crippen LogP contribution >= 0.6 is 0 Å². The summed E-state index contributed by atoms with van der Waals surface area (Å²) in [6, 6.07) is 19.5. The van der Waals surface area contributed by atoms with Gasteiger partial charge in [-0.25, -0.2) is 9.48 Å². The molecule has 1 aliphatic rings. The number of carbonyl (C=O) groups is 2. The van der Waals surface area contributed by atoms with Crippen molar-refractivity contribution in [2.75, 3.05) is 44.8 Å². The van der Waals surface area contributed by atoms with Crippen LogP contribution in [0.5, 0.6) is 5.75 Å². The summed E-state index contributed by atoms with van der Waals surface area (Å²) < 4.78 is 12.0. The molecule has 1 aliphatic heterocycles. The molecule has 1 fully saturated rings. The zero-order chi connectivity index (χ0) is 21.6. The van der Waals surface area contributed by atoms with E-state index in [1.165, 1.54) is 7.11 Å². The first kappa shape index (κ1) is 20.5. The maximum absolute atomic E-state index is 12.5. The number of ether oxygens (including phenoxy) is 2. The Morgan fingerprint density at radius 1 is 0.903 bits per heavy atom. The zero-order valence-corrected chi connectivity index (χ0v) is 17.3. The summed E-state index contributed by atoms with van der Waals surface area (Å²) >= 11 is 0. The highest BCUT2D eigenvalue weighted by molar-refractivity contribution is 5.92. The molecule has 8 heteroatoms. The van der Waals surface area contributed by atoms with Crippen molar-refractivity contribution in [2.24, 2.45) is 0 Å². The van der Waals surface area contributed by atoms with E-state index in [-0.39, 0.29) is 24.0 Å². The number of para-hydroxylation sites is 2. The Morgan fingerprint density at radius 3 is 2.13 bits per heavy atom. The van der Waals surface area contributed by atoms with Gasteiger partial charge in [-0.3, -0.25) is 4.79 Å². The van der Waals surface area contributed by atoms with Crippen molar-refractivity contribution in [2.45, 2.75) is 0 Å². The Balaban J connectivity index is 1.33. The lowest BCUT2D eigenvalue weighted by molar-refractivity contribution is -0.134. The largest absolute Gasteiger partial charge is 0.493 e. The van der Waals surface area contributed by atoms with Crippen LogP contribution in [0.1, 0.15) is 10.5 Å². The number of amides is 1. The zero-order valence-electron chi connectivity index (χ0n) is 17.3. The lowest BCUT2D eigenvalue weighted by Crippen LogP contribution is -2.49. The van der Waals surface area contributed by atoms with Gasteiger partial charge in [0.25, 0.3) is 5.91 Å². The molecule has 0 spiro atoms. The van der Waals surface area contributed by atoms with E-state index >= 15 is 0 Å². The average molecular weight is 420 g/mol. The van der Waals surface area contributed by atoms with Gasteiger partial charge in [0.05, 0.1) is 19.0 Å². The first-order chi connectivity index (χ1) is 15.2. The fourth-order valence-electron chi connectivity index (χ4n) is 3.50. The van der Waals surface area contributed by atoms with Gasteiger partial charge in [0.2, 0.25) is 5.69 Å². The molecular formula is C23H24N4O4. The van der Waals surface area contributed by atoms with Crippen LogP contribution in [-0.4, -0.2) is 66.5 Å². The smallest absolute Gasteiger partial charge is 0.363 e. The van der Waals surface area contributed by atoms with Crippen LogP contribution in [0.4, 0.5) is 5.69 Å². The topological polar surface area (TPSA) is 76.9 Å². The number of aromatic nitrogens is 2. The normalized spacial score (nSPS) is 13.7. The van der Waals surface area contributed by atoms with Crippen LogP contribution in [0.25, 0.3) is 5.69 Å². The van der Waals surface area contributed by atoms with Gasteiger partial charge in [-0.05, 0) is 24.3 Å². The molecule has 0 bridgehead atoms. The SMILES string of the molecule is COc1cn(-c2ccccc2)nc1C(=O)OCC(=O)N1CCN(c2ccccc2)CC1. The Bertz CT molecular complexity index is 1030. The van der Waals surface area contributed by atoms with E-state index in [1.54, 1.807) is 15.8 Å². The van der Waals surface area contributed by atoms with Crippen molar-refractivity contribution in [3.05, 3.63) is 72.6 Å². The van der Waals surface area contributed by atoms with Crippen LogP contribution in [0.2, 0.25) is 0 Å². The van der Waals surface area contributed by atoms with Crippen molar-refractivity contribution in [1.29, 1.82) is 0 Å². The summed E-state index contributed by atoms with van der Waals surface area (Å²) in [6.07, 6.45) is 1.61. The summed E-state index contributed by atoms with van der Waals surface area (Å²) in [7, 11) is 1.46. The van der Waals surface area contributed by atoms with E-state index in [2.05, 4.69) is 22.1 Å². The second-order valence-corrected chi connectivity index (χ2v) is 7.11. The van der Waals surface area contributed by atoms with E-state index in [1.807, 2.05) is 48.5 Å². The number of nitrogens with zero attached hydrogens (tertiary/aromatic N) is 4. The van der Waals surface area contributed by atoms with Crippen LogP contribution in [0, 0.1) is 0 Å². The van der Waals surface area contributed by atoms with Crippen molar-refractivity contribution >= 4 is 17.6 Å². The molecule has 3 aromatic rings. The number of esters is 1. The Labute approximate surface area is 180 Å². The number of methoxy groups -OCH3 is 1. The maximum atomic E-state index is 12.5. The molecule has 2 heterocycles. The number of hydrogen-bond acceptors (Lipinski definition) is 6. The minimum atomic E-state index is -0.692. The predicted octanol–water partition coefficient (Wildman–Crippen LogP) is 2.39. The molecular weight excluding hydrogens is 396 g/mol. The molecule has 160 valence electrons. The predicted molar refractivity (Wildman–Crippen MR) is 116 cm³/mol. The highest BCUT2D eigenvalue weighted by atomic mass is 16.5. The number of carbonyl (C=O) groups excluding carboxylic acids is 2. The molecule has 0 radical (unpaired) electrons. The van der Waals surface area contributed by atoms with Gasteiger partial charge in [-0.15, -0.1) is 0 Å². The van der Waals surface area contributed by atoms with E-state index in [4.69, 9.17) is 9.47 Å². The fourth-order valence-corrected chi connectivity index (χ4v) is 3.50. The summed E-state index contributed by atoms with van der Waals surface area (Å²) in [5.74, 6) is -0.622. The summed E-state index contributed by atoms with van der Waals surface area (Å²) in [4.78, 5) is 29.0. The number of anilines is 1. The maximum Gasteiger partial charge on any atom is 0.363 e. The van der Waals surface area contributed by atoms with Crippen molar-refractivity contribution in [3.8, 4) is 11.4 Å². The second kappa shape index (κ2) is 9.34. The van der Waals surface area contributed by atoms with Crippen LogP contribution in [-0.2, 0) is 9.53 Å². The summed E-state index contributed by atoms with van der Waals surface area (Å²) in [5.41, 5.74) is 1.96. The Kier molecular flexibility index (Phi) is 6.16. The number of hydrogen-bond donors (Lipinski definition) is 0. The highest BCUT2D eigenvalue weighted by Crippen LogP contribution is 2.20. The van der Waals surface area contributed by atoms with Crippen molar-refractivity contribution in [1.82, 2.24) is 14.7 Å². The van der Waals surface area contributed by atoms with Gasteiger partial charge in [0, 0.05) is 31.9 Å². The van der Waals surface area contributed by atoms with Crippen LogP contribution < -0.4 is 9.64 Å². The van der Waals surface area contributed by atoms with Gasteiger partial charge < -0.3 is 19.3 Å². The van der Waals surface area contributed by atoms with Crippen LogP contribution in [0.15, 0.2) is 66.9 Å². The van der Waals surface area contributed by atoms with Crippen molar-refractivity contribution < 1.29 is 19.1 Å². The lowest BCUT2D eigenvalue weighted by atomic mass is 10.2. The molecule has 4 rings (SSSR count). The Morgan fingerprint density at radius 2 is 1.52 bits per heavy atom. The minimum absolute atomic E-state index is 0.0352. The van der Waals surface area contributed by atoms with Crippen molar-refractivity contribution in [3.63, 3.8) is 0 Å². The van der Waals surface area contributed by atoms with E-state index in [0.717, 1.165) is 24.5 Å². The number of rotatable bonds is 6. The molecule has 1 amide bonds. The third-order valence-corrected chi connectivity index (χ3v) is 5.20. The molecule has 0 saturated carbocycles. The average Bonchev–Trinajstić information content (AvgIpc) is 3.28. The number of benzene rings is 2. The molecule has 2 aromatic carbocycles. The summed E-state index contributed by atoms with van der Waals surface area (Å²) in [6.45, 7) is 2.30. The number of piperazine rings is 1. The minimum Gasteiger partial charge on any atom is -0.493 e. The molecule has 0 aliphatic carbocycles. The highest BCUT2D eigenvalue weighted by Gasteiger charge is 2.24. The molecule has 8 nitrogen and oxygen atoms in total. The van der Waals surface area contributed by atoms with Gasteiger partial charge in [-0.1, -0.05) is 36.4 Å². The Hall–Kier alpha value is -3.81. The standard InChI is InChI=1S/C23H24N4O4/c1-30-20-16-27(19-10-6-3-7-11-19)24-22(20)23(29)31-17-21(28)26-14-12-25(13-15-26)18-8-4-2-5-9-18/h2-11,16H,12-15,17H2,1H3. The fraction of sp³-hybridized carbons (Fsp3) is 0.261. The monoisotopic (exact) mass is 420 g/mol. The molecule has 1 aromatic heterocycles.